The highest BCUT2D eigenvalue weighted by Crippen LogP contribution is 2.30. The molecule has 24 heavy (non-hydrogen) atoms. The number of esters is 1. The van der Waals surface area contributed by atoms with E-state index in [2.05, 4.69) is 0 Å². The molecule has 2 rings (SSSR count). The second-order valence-electron chi connectivity index (χ2n) is 4.84. The van der Waals surface area contributed by atoms with Gasteiger partial charge in [-0.25, -0.2) is 4.79 Å². The van der Waals surface area contributed by atoms with Crippen molar-refractivity contribution < 1.29 is 28.5 Å². The minimum absolute atomic E-state index is 0.132. The summed E-state index contributed by atoms with van der Waals surface area (Å²) in [7, 11) is 4.29. The van der Waals surface area contributed by atoms with Gasteiger partial charge in [0.2, 0.25) is 0 Å². The molecule has 6 nitrogen and oxygen atoms in total. The van der Waals surface area contributed by atoms with Gasteiger partial charge in [0.05, 0.1) is 26.9 Å². The van der Waals surface area contributed by atoms with Crippen molar-refractivity contribution in [2.45, 2.75) is 6.61 Å². The van der Waals surface area contributed by atoms with Gasteiger partial charge in [-0.15, -0.1) is 0 Å². The molecule has 0 fully saturated rings. The van der Waals surface area contributed by atoms with Gasteiger partial charge in [-0.2, -0.15) is 0 Å². The highest BCUT2D eigenvalue weighted by atomic mass is 16.5. The first-order valence-corrected chi connectivity index (χ1v) is 7.14. The van der Waals surface area contributed by atoms with Crippen molar-refractivity contribution >= 4 is 12.3 Å². The molecular formula is C18H18O6. The molecule has 0 bridgehead atoms. The molecule has 0 saturated carbocycles. The summed E-state index contributed by atoms with van der Waals surface area (Å²) in [5.41, 5.74) is 1.20. The zero-order chi connectivity index (χ0) is 17.5. The van der Waals surface area contributed by atoms with Crippen LogP contribution in [-0.2, 0) is 11.3 Å². The first-order valence-electron chi connectivity index (χ1n) is 7.14. The Kier molecular flexibility index (Phi) is 5.78. The van der Waals surface area contributed by atoms with Gasteiger partial charge in [-0.3, -0.25) is 4.79 Å². The summed E-state index contributed by atoms with van der Waals surface area (Å²) in [6.07, 6.45) is 0.609. The average Bonchev–Trinajstić information content (AvgIpc) is 2.65. The smallest absolute Gasteiger partial charge is 0.341 e. The maximum absolute atomic E-state index is 12.0. The van der Waals surface area contributed by atoms with Gasteiger partial charge in [-0.1, -0.05) is 12.1 Å². The van der Waals surface area contributed by atoms with Crippen LogP contribution in [0.3, 0.4) is 0 Å². The van der Waals surface area contributed by atoms with Crippen LogP contribution in [0.4, 0.5) is 0 Å². The standard InChI is InChI=1S/C18H18O6/c1-21-14-6-4-12(5-7-14)11-24-17-13(10-19)8-15(22-2)9-16(17)18(20)23-3/h4-10H,11H2,1-3H3. The van der Waals surface area contributed by atoms with Crippen molar-refractivity contribution in [3.8, 4) is 17.2 Å². The van der Waals surface area contributed by atoms with E-state index in [4.69, 9.17) is 18.9 Å². The van der Waals surface area contributed by atoms with Crippen molar-refractivity contribution in [1.29, 1.82) is 0 Å². The lowest BCUT2D eigenvalue weighted by Gasteiger charge is -2.14. The minimum atomic E-state index is -0.610. The Labute approximate surface area is 139 Å². The molecule has 0 spiro atoms. The Hall–Kier alpha value is -3.02. The zero-order valence-electron chi connectivity index (χ0n) is 13.7. The van der Waals surface area contributed by atoms with Crippen molar-refractivity contribution in [3.05, 3.63) is 53.1 Å². The number of benzene rings is 2. The minimum Gasteiger partial charge on any atom is -0.497 e. The highest BCUT2D eigenvalue weighted by Gasteiger charge is 2.19. The molecule has 2 aromatic rings. The molecule has 0 unspecified atom stereocenters. The molecule has 6 heteroatoms. The Morgan fingerprint density at radius 1 is 1.00 bits per heavy atom. The Morgan fingerprint density at radius 3 is 2.21 bits per heavy atom. The van der Waals surface area contributed by atoms with E-state index in [-0.39, 0.29) is 23.5 Å². The van der Waals surface area contributed by atoms with E-state index >= 15 is 0 Å². The average molecular weight is 330 g/mol. The second-order valence-corrected chi connectivity index (χ2v) is 4.84. The fourth-order valence-electron chi connectivity index (χ4n) is 2.13. The summed E-state index contributed by atoms with van der Waals surface area (Å²) >= 11 is 0. The molecule has 0 aliphatic heterocycles. The fraction of sp³-hybridized carbons (Fsp3) is 0.222. The number of methoxy groups -OCH3 is 3. The topological polar surface area (TPSA) is 71.1 Å². The van der Waals surface area contributed by atoms with E-state index in [9.17, 15) is 9.59 Å². The molecule has 0 atom stereocenters. The second kappa shape index (κ2) is 8.01. The van der Waals surface area contributed by atoms with Crippen molar-refractivity contribution in [1.82, 2.24) is 0 Å². The van der Waals surface area contributed by atoms with Crippen LogP contribution in [0.1, 0.15) is 26.3 Å². The summed E-state index contributed by atoms with van der Waals surface area (Å²) in [5.74, 6) is 0.650. The summed E-state index contributed by atoms with van der Waals surface area (Å²) in [4.78, 5) is 23.3. The number of carbonyl (C=O) groups excluding carboxylic acids is 2. The monoisotopic (exact) mass is 330 g/mol. The third-order valence-electron chi connectivity index (χ3n) is 3.40. The van der Waals surface area contributed by atoms with Gasteiger partial charge >= 0.3 is 5.97 Å². The van der Waals surface area contributed by atoms with Crippen LogP contribution >= 0.6 is 0 Å². The number of rotatable bonds is 7. The number of carbonyl (C=O) groups is 2. The van der Waals surface area contributed by atoms with E-state index in [0.29, 0.717) is 12.0 Å². The van der Waals surface area contributed by atoms with Crippen LogP contribution in [0.2, 0.25) is 0 Å². The molecule has 0 saturated heterocycles. The molecular weight excluding hydrogens is 312 g/mol. The van der Waals surface area contributed by atoms with Crippen molar-refractivity contribution in [2.24, 2.45) is 0 Å². The molecule has 0 aliphatic carbocycles. The van der Waals surface area contributed by atoms with Crippen LogP contribution in [0.25, 0.3) is 0 Å². The van der Waals surface area contributed by atoms with Gasteiger partial charge in [0.15, 0.2) is 6.29 Å². The predicted octanol–water partition coefficient (Wildman–Crippen LogP) is 2.88. The Balaban J connectivity index is 2.32. The Morgan fingerprint density at radius 2 is 1.67 bits per heavy atom. The SMILES string of the molecule is COC(=O)c1cc(OC)cc(C=O)c1OCc1ccc(OC)cc1. The van der Waals surface area contributed by atoms with Crippen LogP contribution in [-0.4, -0.2) is 33.6 Å². The molecule has 2 aromatic carbocycles. The lowest BCUT2D eigenvalue weighted by atomic mass is 10.1. The van der Waals surface area contributed by atoms with E-state index < -0.39 is 5.97 Å². The summed E-state index contributed by atoms with van der Waals surface area (Å²) in [6, 6.07) is 10.2. The van der Waals surface area contributed by atoms with E-state index in [1.54, 1.807) is 19.2 Å². The molecule has 0 amide bonds. The molecule has 0 heterocycles. The highest BCUT2D eigenvalue weighted by molar-refractivity contribution is 5.97. The molecule has 0 N–H and O–H groups in total. The predicted molar refractivity (Wildman–Crippen MR) is 87.0 cm³/mol. The number of hydrogen-bond donors (Lipinski definition) is 0. The quantitative estimate of drug-likeness (QED) is 0.574. The number of ether oxygens (including phenoxy) is 4. The maximum atomic E-state index is 12.0. The van der Waals surface area contributed by atoms with Gasteiger partial charge in [0.25, 0.3) is 0 Å². The largest absolute Gasteiger partial charge is 0.497 e. The maximum Gasteiger partial charge on any atom is 0.341 e. The zero-order valence-corrected chi connectivity index (χ0v) is 13.7. The van der Waals surface area contributed by atoms with E-state index in [1.165, 1.54) is 26.4 Å². The molecule has 0 radical (unpaired) electrons. The summed E-state index contributed by atoms with van der Waals surface area (Å²) < 4.78 is 20.7. The van der Waals surface area contributed by atoms with Crippen molar-refractivity contribution in [3.63, 3.8) is 0 Å². The molecule has 0 aliphatic rings. The van der Waals surface area contributed by atoms with Gasteiger partial charge in [0.1, 0.15) is 29.4 Å². The van der Waals surface area contributed by atoms with Gasteiger partial charge in [-0.05, 0) is 29.8 Å². The van der Waals surface area contributed by atoms with Gasteiger partial charge < -0.3 is 18.9 Å². The third-order valence-corrected chi connectivity index (χ3v) is 3.40. The third kappa shape index (κ3) is 3.84. The van der Waals surface area contributed by atoms with Crippen LogP contribution < -0.4 is 14.2 Å². The van der Waals surface area contributed by atoms with Crippen LogP contribution in [0, 0.1) is 0 Å². The van der Waals surface area contributed by atoms with E-state index in [1.807, 2.05) is 12.1 Å². The van der Waals surface area contributed by atoms with Crippen LogP contribution in [0.5, 0.6) is 17.2 Å². The van der Waals surface area contributed by atoms with Gasteiger partial charge in [0, 0.05) is 0 Å². The number of hydrogen-bond acceptors (Lipinski definition) is 6. The normalized spacial score (nSPS) is 9.96. The van der Waals surface area contributed by atoms with Crippen molar-refractivity contribution in [2.75, 3.05) is 21.3 Å². The van der Waals surface area contributed by atoms with E-state index in [0.717, 1.165) is 11.3 Å². The van der Waals surface area contributed by atoms with Crippen LogP contribution in [0.15, 0.2) is 36.4 Å². The molecule has 0 aromatic heterocycles. The fourth-order valence-corrected chi connectivity index (χ4v) is 2.13. The summed E-state index contributed by atoms with van der Waals surface area (Å²) in [6.45, 7) is 0.182. The first-order chi connectivity index (χ1) is 11.6. The first kappa shape index (κ1) is 17.3. The lowest BCUT2D eigenvalue weighted by molar-refractivity contribution is 0.0595. The lowest BCUT2D eigenvalue weighted by Crippen LogP contribution is -2.09. The molecule has 126 valence electrons. The Bertz CT molecular complexity index is 721. The number of aldehydes is 1. The summed E-state index contributed by atoms with van der Waals surface area (Å²) in [5, 5.41) is 0.